The van der Waals surface area contributed by atoms with Crippen LogP contribution in [-0.4, -0.2) is 37.3 Å². The molecule has 0 saturated carbocycles. The van der Waals surface area contributed by atoms with Crippen molar-refractivity contribution in [1.82, 2.24) is 10.3 Å². The maximum absolute atomic E-state index is 11.9. The summed E-state index contributed by atoms with van der Waals surface area (Å²) in [4.78, 5) is 18.5. The van der Waals surface area contributed by atoms with Crippen molar-refractivity contribution >= 4 is 17.5 Å². The summed E-state index contributed by atoms with van der Waals surface area (Å²) in [6.07, 6.45) is 6.49. The van der Waals surface area contributed by atoms with Gasteiger partial charge in [-0.15, -0.1) is 0 Å². The molecular weight excluding hydrogens is 320 g/mol. The van der Waals surface area contributed by atoms with E-state index in [0.717, 1.165) is 31.1 Å². The predicted octanol–water partition coefficient (Wildman–Crippen LogP) is 3.00. The number of amides is 2. The molecule has 7 heteroatoms. The van der Waals surface area contributed by atoms with Crippen molar-refractivity contribution in [2.45, 2.75) is 25.9 Å². The van der Waals surface area contributed by atoms with Gasteiger partial charge >= 0.3 is 6.03 Å². The zero-order chi connectivity index (χ0) is 17.3. The van der Waals surface area contributed by atoms with Gasteiger partial charge in [-0.25, -0.2) is 9.78 Å². The van der Waals surface area contributed by atoms with Crippen LogP contribution in [0.2, 0.25) is 0 Å². The molecule has 0 unspecified atom stereocenters. The summed E-state index contributed by atoms with van der Waals surface area (Å²) >= 11 is 0. The Bertz CT molecular complexity index is 637. The van der Waals surface area contributed by atoms with Crippen molar-refractivity contribution in [1.29, 1.82) is 0 Å². The normalized spacial score (nSPS) is 13.8. The molecule has 0 aromatic carbocycles. The summed E-state index contributed by atoms with van der Waals surface area (Å²) in [7, 11) is 0. The molecule has 3 heterocycles. The van der Waals surface area contributed by atoms with Gasteiger partial charge in [-0.05, 0) is 43.5 Å². The average molecular weight is 344 g/mol. The highest BCUT2D eigenvalue weighted by Gasteiger charge is 2.13. The van der Waals surface area contributed by atoms with E-state index >= 15 is 0 Å². The number of carbonyl (C=O) groups is 1. The maximum Gasteiger partial charge on any atom is 0.319 e. The van der Waals surface area contributed by atoms with Crippen LogP contribution >= 0.6 is 0 Å². The van der Waals surface area contributed by atoms with Crippen LogP contribution in [0, 0.1) is 0 Å². The molecular formula is C18H24N4O3. The number of carbonyl (C=O) groups excluding carboxylic acids is 1. The first-order valence-electron chi connectivity index (χ1n) is 8.67. The third-order valence-electron chi connectivity index (χ3n) is 4.01. The highest BCUT2D eigenvalue weighted by Crippen LogP contribution is 2.18. The Morgan fingerprint density at radius 1 is 1.28 bits per heavy atom. The van der Waals surface area contributed by atoms with Gasteiger partial charge in [0.05, 0.1) is 18.1 Å². The van der Waals surface area contributed by atoms with Crippen molar-refractivity contribution in [3.05, 3.63) is 42.5 Å². The van der Waals surface area contributed by atoms with Crippen LogP contribution in [0.25, 0.3) is 0 Å². The molecule has 3 rings (SSSR count). The number of urea groups is 1. The molecule has 7 nitrogen and oxygen atoms in total. The minimum atomic E-state index is -0.234. The molecule has 0 spiro atoms. The molecule has 2 aromatic rings. The van der Waals surface area contributed by atoms with Crippen LogP contribution in [0.3, 0.4) is 0 Å². The van der Waals surface area contributed by atoms with E-state index in [1.807, 2.05) is 24.3 Å². The number of ether oxygens (including phenoxy) is 1. The van der Waals surface area contributed by atoms with E-state index in [4.69, 9.17) is 9.15 Å². The number of hydrogen-bond donors (Lipinski definition) is 2. The van der Waals surface area contributed by atoms with Crippen molar-refractivity contribution in [2.75, 3.05) is 36.5 Å². The zero-order valence-electron chi connectivity index (χ0n) is 14.2. The molecule has 1 fully saturated rings. The van der Waals surface area contributed by atoms with Gasteiger partial charge < -0.3 is 24.7 Å². The third kappa shape index (κ3) is 5.49. The minimum absolute atomic E-state index is 0.234. The summed E-state index contributed by atoms with van der Waals surface area (Å²) in [5.74, 6) is 1.77. The number of furan rings is 1. The van der Waals surface area contributed by atoms with E-state index in [1.165, 1.54) is 12.8 Å². The number of rotatable bonds is 8. The number of nitrogens with zero attached hydrogens (tertiary/aromatic N) is 2. The molecule has 1 aliphatic rings. The molecule has 2 N–H and O–H groups in total. The highest BCUT2D eigenvalue weighted by molar-refractivity contribution is 5.89. The van der Waals surface area contributed by atoms with Gasteiger partial charge in [-0.2, -0.15) is 0 Å². The standard InChI is InChI=1S/C18H24N4O3/c23-18(19-8-4-11-24-14-16-5-3-12-25-16)21-15-6-7-17(20-13-15)22-9-1-2-10-22/h3,5-7,12-13H,1-2,4,8-11,14H2,(H2,19,21,23). The first-order chi connectivity index (χ1) is 12.3. The lowest BCUT2D eigenvalue weighted by atomic mass is 10.4. The second kappa shape index (κ2) is 9.08. The lowest BCUT2D eigenvalue weighted by Gasteiger charge is -2.16. The van der Waals surface area contributed by atoms with E-state index in [2.05, 4.69) is 20.5 Å². The Labute approximate surface area is 147 Å². The number of aromatic nitrogens is 1. The lowest BCUT2D eigenvalue weighted by molar-refractivity contribution is 0.104. The predicted molar refractivity (Wildman–Crippen MR) is 95.7 cm³/mol. The molecule has 25 heavy (non-hydrogen) atoms. The lowest BCUT2D eigenvalue weighted by Crippen LogP contribution is -2.30. The summed E-state index contributed by atoms with van der Waals surface area (Å²) in [5, 5.41) is 5.59. The topological polar surface area (TPSA) is 79.6 Å². The zero-order valence-corrected chi connectivity index (χ0v) is 14.2. The van der Waals surface area contributed by atoms with Crippen molar-refractivity contribution in [2.24, 2.45) is 0 Å². The molecule has 2 amide bonds. The van der Waals surface area contributed by atoms with Crippen LogP contribution in [0.5, 0.6) is 0 Å². The molecule has 2 aromatic heterocycles. The maximum atomic E-state index is 11.9. The second-order valence-corrected chi connectivity index (χ2v) is 5.97. The summed E-state index contributed by atoms with van der Waals surface area (Å²) < 4.78 is 10.6. The fourth-order valence-electron chi connectivity index (χ4n) is 2.71. The molecule has 0 bridgehead atoms. The highest BCUT2D eigenvalue weighted by atomic mass is 16.5. The van der Waals surface area contributed by atoms with Gasteiger partial charge in [0.15, 0.2) is 0 Å². The van der Waals surface area contributed by atoms with Crippen LogP contribution in [0.15, 0.2) is 41.1 Å². The van der Waals surface area contributed by atoms with Crippen LogP contribution in [0.4, 0.5) is 16.3 Å². The van der Waals surface area contributed by atoms with Gasteiger partial charge in [0, 0.05) is 26.2 Å². The van der Waals surface area contributed by atoms with Crippen LogP contribution < -0.4 is 15.5 Å². The van der Waals surface area contributed by atoms with E-state index in [1.54, 1.807) is 12.5 Å². The molecule has 1 aliphatic heterocycles. The summed E-state index contributed by atoms with van der Waals surface area (Å²) in [6.45, 7) is 3.68. The number of pyridine rings is 1. The van der Waals surface area contributed by atoms with Crippen LogP contribution in [-0.2, 0) is 11.3 Å². The van der Waals surface area contributed by atoms with Gasteiger partial charge in [0.25, 0.3) is 0 Å². The SMILES string of the molecule is O=C(NCCCOCc1ccco1)Nc1ccc(N2CCCC2)nc1. The summed E-state index contributed by atoms with van der Waals surface area (Å²) in [6, 6.07) is 7.30. The number of nitrogens with one attached hydrogen (secondary N) is 2. The average Bonchev–Trinajstić information content (AvgIpc) is 3.32. The molecule has 0 radical (unpaired) electrons. The molecule has 134 valence electrons. The fourth-order valence-corrected chi connectivity index (χ4v) is 2.71. The van der Waals surface area contributed by atoms with Crippen molar-refractivity contribution in [3.8, 4) is 0 Å². The van der Waals surface area contributed by atoms with Crippen molar-refractivity contribution < 1.29 is 13.9 Å². The smallest absolute Gasteiger partial charge is 0.319 e. The van der Waals surface area contributed by atoms with Gasteiger partial charge in [0.1, 0.15) is 18.2 Å². The van der Waals surface area contributed by atoms with E-state index in [-0.39, 0.29) is 6.03 Å². The van der Waals surface area contributed by atoms with Crippen LogP contribution in [0.1, 0.15) is 25.0 Å². The van der Waals surface area contributed by atoms with E-state index < -0.39 is 0 Å². The molecule has 1 saturated heterocycles. The molecule has 0 atom stereocenters. The number of hydrogen-bond acceptors (Lipinski definition) is 5. The fraction of sp³-hybridized carbons (Fsp3) is 0.444. The first kappa shape index (κ1) is 17.3. The first-order valence-corrected chi connectivity index (χ1v) is 8.67. The second-order valence-electron chi connectivity index (χ2n) is 5.97. The Balaban J connectivity index is 1.29. The quantitative estimate of drug-likeness (QED) is 0.720. The monoisotopic (exact) mass is 344 g/mol. The minimum Gasteiger partial charge on any atom is -0.467 e. The largest absolute Gasteiger partial charge is 0.467 e. The van der Waals surface area contributed by atoms with Gasteiger partial charge in [-0.3, -0.25) is 0 Å². The van der Waals surface area contributed by atoms with Crippen molar-refractivity contribution in [3.63, 3.8) is 0 Å². The number of anilines is 2. The van der Waals surface area contributed by atoms with E-state index in [0.29, 0.717) is 25.4 Å². The van der Waals surface area contributed by atoms with Gasteiger partial charge in [-0.1, -0.05) is 0 Å². The van der Waals surface area contributed by atoms with Gasteiger partial charge in [0.2, 0.25) is 0 Å². The Morgan fingerprint density at radius 2 is 2.16 bits per heavy atom. The molecule has 0 aliphatic carbocycles. The Kier molecular flexibility index (Phi) is 6.28. The van der Waals surface area contributed by atoms with E-state index in [9.17, 15) is 4.79 Å². The Hall–Kier alpha value is -2.54. The summed E-state index contributed by atoms with van der Waals surface area (Å²) in [5.41, 5.74) is 0.689. The Morgan fingerprint density at radius 3 is 2.88 bits per heavy atom. The third-order valence-corrected chi connectivity index (χ3v) is 4.01.